The average Bonchev–Trinajstić information content (AvgIpc) is 2.53. The third-order valence-corrected chi connectivity index (χ3v) is 3.10. The first-order valence-corrected chi connectivity index (χ1v) is 5.42. The first kappa shape index (κ1) is 11.5. The van der Waals surface area contributed by atoms with Crippen LogP contribution >= 0.6 is 0 Å². The third kappa shape index (κ3) is 1.65. The van der Waals surface area contributed by atoms with Gasteiger partial charge in [0, 0.05) is 5.70 Å². The Labute approximate surface area is 101 Å². The molecule has 1 aromatic rings. The van der Waals surface area contributed by atoms with Crippen molar-refractivity contribution in [3.63, 3.8) is 0 Å². The summed E-state index contributed by atoms with van der Waals surface area (Å²) in [6.45, 7) is 7.67. The van der Waals surface area contributed by atoms with Gasteiger partial charge in [0.25, 0.3) is 0 Å². The summed E-state index contributed by atoms with van der Waals surface area (Å²) in [7, 11) is 1.60. The van der Waals surface area contributed by atoms with Crippen molar-refractivity contribution in [2.75, 3.05) is 12.1 Å². The molecule has 1 aliphatic heterocycles. The van der Waals surface area contributed by atoms with E-state index in [4.69, 9.17) is 4.74 Å². The highest BCUT2D eigenvalue weighted by atomic mass is 16.5. The number of hydrogen-bond acceptors (Lipinski definition) is 3. The van der Waals surface area contributed by atoms with Gasteiger partial charge in [-0.05, 0) is 26.0 Å². The summed E-state index contributed by atoms with van der Waals surface area (Å²) in [6, 6.07) is 7.50. The Morgan fingerprint density at radius 2 is 2.00 bits per heavy atom. The molecular formula is C13H16N2O2. The van der Waals surface area contributed by atoms with Gasteiger partial charge in [-0.25, -0.2) is 0 Å². The van der Waals surface area contributed by atoms with E-state index < -0.39 is 5.41 Å². The summed E-state index contributed by atoms with van der Waals surface area (Å²) in [5.41, 5.74) is 3.71. The largest absolute Gasteiger partial charge is 0.494 e. The molecule has 0 radical (unpaired) electrons. The molecule has 0 saturated carbocycles. The predicted molar refractivity (Wildman–Crippen MR) is 66.5 cm³/mol. The van der Waals surface area contributed by atoms with E-state index >= 15 is 0 Å². The van der Waals surface area contributed by atoms with E-state index in [9.17, 15) is 4.79 Å². The van der Waals surface area contributed by atoms with Crippen LogP contribution in [0.15, 0.2) is 36.5 Å². The zero-order valence-corrected chi connectivity index (χ0v) is 10.3. The van der Waals surface area contributed by atoms with Gasteiger partial charge in [-0.3, -0.25) is 15.2 Å². The minimum Gasteiger partial charge on any atom is -0.494 e. The van der Waals surface area contributed by atoms with Crippen molar-refractivity contribution in [3.8, 4) is 5.75 Å². The molecule has 1 saturated heterocycles. The lowest BCUT2D eigenvalue weighted by Crippen LogP contribution is -2.32. The maximum atomic E-state index is 11.8. The number of hydrazine groups is 1. The number of benzene rings is 1. The van der Waals surface area contributed by atoms with Crippen molar-refractivity contribution >= 4 is 11.6 Å². The van der Waals surface area contributed by atoms with Crippen LogP contribution in [0.4, 0.5) is 5.69 Å². The molecule has 0 spiro atoms. The van der Waals surface area contributed by atoms with Gasteiger partial charge in [0.1, 0.15) is 11.4 Å². The van der Waals surface area contributed by atoms with Gasteiger partial charge in [0.15, 0.2) is 0 Å². The zero-order chi connectivity index (χ0) is 12.6. The Balaban J connectivity index is 2.43. The standard InChI is InChI=1S/C13H16N2O2/c1-9-13(2,3)12(16)14-15(9)10-7-5-6-8-11(10)17-4/h5-8H,1H2,2-4H3,(H,14,16). The van der Waals surface area contributed by atoms with Crippen LogP contribution in [0.25, 0.3) is 0 Å². The molecule has 1 heterocycles. The molecule has 0 atom stereocenters. The first-order chi connectivity index (χ1) is 7.98. The van der Waals surface area contributed by atoms with Crippen LogP contribution in [0.5, 0.6) is 5.75 Å². The second-order valence-corrected chi connectivity index (χ2v) is 4.52. The van der Waals surface area contributed by atoms with Crippen LogP contribution in [0, 0.1) is 5.41 Å². The second kappa shape index (κ2) is 3.80. The van der Waals surface area contributed by atoms with Crippen LogP contribution in [0.1, 0.15) is 13.8 Å². The van der Waals surface area contributed by atoms with Crippen LogP contribution in [0.3, 0.4) is 0 Å². The predicted octanol–water partition coefficient (Wildman–Crippen LogP) is 2.09. The van der Waals surface area contributed by atoms with Gasteiger partial charge in [-0.1, -0.05) is 18.7 Å². The van der Waals surface area contributed by atoms with Gasteiger partial charge >= 0.3 is 0 Å². The molecule has 1 fully saturated rings. The fraction of sp³-hybridized carbons (Fsp3) is 0.308. The molecule has 0 unspecified atom stereocenters. The minimum atomic E-state index is -0.596. The Kier molecular flexibility index (Phi) is 2.58. The lowest BCUT2D eigenvalue weighted by molar-refractivity contribution is -0.125. The van der Waals surface area contributed by atoms with Crippen molar-refractivity contribution in [2.24, 2.45) is 5.41 Å². The van der Waals surface area contributed by atoms with Crippen LogP contribution in [-0.2, 0) is 4.79 Å². The summed E-state index contributed by atoms with van der Waals surface area (Å²) >= 11 is 0. The van der Waals surface area contributed by atoms with Crippen LogP contribution < -0.4 is 15.2 Å². The molecule has 1 N–H and O–H groups in total. The van der Waals surface area contributed by atoms with Gasteiger partial charge in [0.2, 0.25) is 5.91 Å². The zero-order valence-electron chi connectivity index (χ0n) is 10.3. The first-order valence-electron chi connectivity index (χ1n) is 5.42. The highest BCUT2D eigenvalue weighted by Crippen LogP contribution is 2.39. The van der Waals surface area contributed by atoms with Crippen molar-refractivity contribution < 1.29 is 9.53 Å². The molecule has 0 aliphatic carbocycles. The Morgan fingerprint density at radius 3 is 2.53 bits per heavy atom. The Morgan fingerprint density at radius 1 is 1.35 bits per heavy atom. The summed E-state index contributed by atoms with van der Waals surface area (Å²) in [5.74, 6) is 0.639. The average molecular weight is 232 g/mol. The normalized spacial score (nSPS) is 18.2. The smallest absolute Gasteiger partial charge is 0.250 e. The number of anilines is 1. The van der Waals surface area contributed by atoms with Crippen molar-refractivity contribution in [1.82, 2.24) is 5.43 Å². The molecule has 1 amide bonds. The number of para-hydroxylation sites is 2. The lowest BCUT2D eigenvalue weighted by atomic mass is 9.90. The molecule has 0 bridgehead atoms. The third-order valence-electron chi connectivity index (χ3n) is 3.10. The maximum Gasteiger partial charge on any atom is 0.250 e. The number of carbonyl (C=O) groups excluding carboxylic acids is 1. The van der Waals surface area contributed by atoms with Crippen LogP contribution in [0.2, 0.25) is 0 Å². The topological polar surface area (TPSA) is 41.6 Å². The number of amides is 1. The van der Waals surface area contributed by atoms with Crippen molar-refractivity contribution in [3.05, 3.63) is 36.5 Å². The number of nitrogens with one attached hydrogen (secondary N) is 1. The monoisotopic (exact) mass is 232 g/mol. The van der Waals surface area contributed by atoms with E-state index in [1.807, 2.05) is 38.1 Å². The van der Waals surface area contributed by atoms with Crippen LogP contribution in [-0.4, -0.2) is 13.0 Å². The summed E-state index contributed by atoms with van der Waals surface area (Å²) in [4.78, 5) is 11.8. The Hall–Kier alpha value is -1.97. The lowest BCUT2D eigenvalue weighted by Gasteiger charge is -2.23. The second-order valence-electron chi connectivity index (χ2n) is 4.52. The fourth-order valence-electron chi connectivity index (χ4n) is 1.74. The summed E-state index contributed by atoms with van der Waals surface area (Å²) in [5, 5.41) is 1.68. The highest BCUT2D eigenvalue weighted by Gasteiger charge is 2.42. The number of nitrogens with zero attached hydrogens (tertiary/aromatic N) is 1. The number of carbonyl (C=O) groups is 1. The van der Waals surface area contributed by atoms with Gasteiger partial charge in [-0.15, -0.1) is 0 Å². The highest BCUT2D eigenvalue weighted by molar-refractivity contribution is 5.92. The molecule has 17 heavy (non-hydrogen) atoms. The maximum absolute atomic E-state index is 11.8. The molecule has 4 heteroatoms. The Bertz CT molecular complexity index is 480. The summed E-state index contributed by atoms with van der Waals surface area (Å²) < 4.78 is 5.28. The van der Waals surface area contributed by atoms with Crippen molar-refractivity contribution in [2.45, 2.75) is 13.8 Å². The molecule has 90 valence electrons. The molecule has 4 nitrogen and oxygen atoms in total. The quantitative estimate of drug-likeness (QED) is 0.848. The van der Waals surface area contributed by atoms with E-state index in [0.29, 0.717) is 11.4 Å². The summed E-state index contributed by atoms with van der Waals surface area (Å²) in [6.07, 6.45) is 0. The molecule has 1 aromatic carbocycles. The SMILES string of the molecule is C=C1N(c2ccccc2OC)NC(=O)C1(C)C. The van der Waals surface area contributed by atoms with E-state index in [1.165, 1.54) is 0 Å². The molecular weight excluding hydrogens is 216 g/mol. The number of methoxy groups -OCH3 is 1. The number of rotatable bonds is 2. The number of hydrogen-bond donors (Lipinski definition) is 1. The molecule has 0 aromatic heterocycles. The number of ether oxygens (including phenoxy) is 1. The van der Waals surface area contributed by atoms with E-state index in [-0.39, 0.29) is 5.91 Å². The molecule has 1 aliphatic rings. The van der Waals surface area contributed by atoms with E-state index in [2.05, 4.69) is 12.0 Å². The van der Waals surface area contributed by atoms with E-state index in [0.717, 1.165) is 5.69 Å². The van der Waals surface area contributed by atoms with Gasteiger partial charge < -0.3 is 4.74 Å². The fourth-order valence-corrected chi connectivity index (χ4v) is 1.74. The molecule has 2 rings (SSSR count). The minimum absolute atomic E-state index is 0.0617. The van der Waals surface area contributed by atoms with E-state index in [1.54, 1.807) is 12.1 Å². The van der Waals surface area contributed by atoms with Crippen molar-refractivity contribution in [1.29, 1.82) is 0 Å². The van der Waals surface area contributed by atoms with Gasteiger partial charge in [-0.2, -0.15) is 0 Å². The van der Waals surface area contributed by atoms with Gasteiger partial charge in [0.05, 0.1) is 12.5 Å².